The number of nitrogens with two attached hydrogens (primary N) is 1. The van der Waals surface area contributed by atoms with Gasteiger partial charge < -0.3 is 10.6 Å². The maximum Gasteiger partial charge on any atom is 0.211 e. The van der Waals surface area contributed by atoms with Crippen molar-refractivity contribution >= 4 is 32.4 Å². The molecule has 2 aromatic rings. The lowest BCUT2D eigenvalue weighted by atomic mass is 10.2. The van der Waals surface area contributed by atoms with Crippen LogP contribution in [0.25, 0.3) is 10.9 Å². The quantitative estimate of drug-likeness (QED) is 0.802. The summed E-state index contributed by atoms with van der Waals surface area (Å²) in [6, 6.07) is 5.52. The van der Waals surface area contributed by atoms with E-state index >= 15 is 0 Å². The minimum atomic E-state index is -3.13. The number of rotatable bonds is 2. The number of piperazine rings is 1. The molecule has 0 unspecified atom stereocenters. The molecule has 2 heterocycles. The van der Waals surface area contributed by atoms with Gasteiger partial charge in [0.05, 0.1) is 11.8 Å². The predicted octanol–water partition coefficient (Wildman–Crippen LogP) is 0.294. The molecule has 0 atom stereocenters. The first-order chi connectivity index (χ1) is 9.95. The first-order valence-corrected chi connectivity index (χ1v) is 8.50. The van der Waals surface area contributed by atoms with Crippen molar-refractivity contribution in [2.24, 2.45) is 0 Å². The van der Waals surface area contributed by atoms with Crippen LogP contribution in [0.15, 0.2) is 24.5 Å². The summed E-state index contributed by atoms with van der Waals surface area (Å²) in [6.07, 6.45) is 2.76. The Morgan fingerprint density at radius 1 is 1.14 bits per heavy atom. The van der Waals surface area contributed by atoms with Gasteiger partial charge in [0.2, 0.25) is 10.0 Å². The zero-order valence-corrected chi connectivity index (χ0v) is 12.5. The summed E-state index contributed by atoms with van der Waals surface area (Å²) in [5.41, 5.74) is 7.33. The molecule has 0 bridgehead atoms. The highest BCUT2D eigenvalue weighted by Crippen LogP contribution is 2.25. The van der Waals surface area contributed by atoms with Gasteiger partial charge in [0, 0.05) is 37.3 Å². The lowest BCUT2D eigenvalue weighted by molar-refractivity contribution is 0.387. The van der Waals surface area contributed by atoms with E-state index in [-0.39, 0.29) is 0 Å². The van der Waals surface area contributed by atoms with E-state index in [1.807, 2.05) is 12.1 Å². The Morgan fingerprint density at radius 3 is 2.52 bits per heavy atom. The van der Waals surface area contributed by atoms with Crippen molar-refractivity contribution in [3.63, 3.8) is 0 Å². The Kier molecular flexibility index (Phi) is 3.42. The van der Waals surface area contributed by atoms with E-state index in [4.69, 9.17) is 5.73 Å². The number of sulfonamides is 1. The molecule has 1 aliphatic rings. The molecule has 0 spiro atoms. The fraction of sp³-hybridized carbons (Fsp3) is 0.385. The lowest BCUT2D eigenvalue weighted by Crippen LogP contribution is -2.48. The molecule has 8 heteroatoms. The average Bonchev–Trinajstić information content (AvgIpc) is 2.46. The van der Waals surface area contributed by atoms with Crippen molar-refractivity contribution in [2.75, 3.05) is 43.1 Å². The first-order valence-electron chi connectivity index (χ1n) is 6.65. The Morgan fingerprint density at radius 2 is 1.86 bits per heavy atom. The summed E-state index contributed by atoms with van der Waals surface area (Å²) in [4.78, 5) is 10.7. The van der Waals surface area contributed by atoms with Gasteiger partial charge >= 0.3 is 0 Å². The first kappa shape index (κ1) is 14.0. The van der Waals surface area contributed by atoms with Gasteiger partial charge in [0.15, 0.2) is 0 Å². The fourth-order valence-corrected chi connectivity index (χ4v) is 3.37. The van der Waals surface area contributed by atoms with E-state index in [1.165, 1.54) is 16.9 Å². The van der Waals surface area contributed by atoms with Gasteiger partial charge in [-0.05, 0) is 18.2 Å². The topological polar surface area (TPSA) is 92.4 Å². The molecule has 3 rings (SSSR count). The van der Waals surface area contributed by atoms with Crippen LogP contribution in [0.4, 0.5) is 11.5 Å². The zero-order valence-electron chi connectivity index (χ0n) is 11.7. The molecule has 1 aliphatic heterocycles. The minimum absolute atomic E-state index is 0.465. The second-order valence-electron chi connectivity index (χ2n) is 5.12. The largest absolute Gasteiger partial charge is 0.399 e. The van der Waals surface area contributed by atoms with Gasteiger partial charge in [-0.2, -0.15) is 4.31 Å². The van der Waals surface area contributed by atoms with Gasteiger partial charge in [-0.25, -0.2) is 18.4 Å². The van der Waals surface area contributed by atoms with E-state index in [0.717, 1.165) is 16.7 Å². The minimum Gasteiger partial charge on any atom is -0.399 e. The Balaban J connectivity index is 1.91. The van der Waals surface area contributed by atoms with Gasteiger partial charge in [0.1, 0.15) is 12.1 Å². The van der Waals surface area contributed by atoms with Crippen molar-refractivity contribution in [2.45, 2.75) is 0 Å². The summed E-state index contributed by atoms with van der Waals surface area (Å²) in [6.45, 7) is 2.14. The molecule has 1 saturated heterocycles. The van der Waals surface area contributed by atoms with E-state index in [9.17, 15) is 8.42 Å². The van der Waals surface area contributed by atoms with E-state index in [2.05, 4.69) is 14.9 Å². The molecule has 1 aromatic heterocycles. The number of hydrogen-bond acceptors (Lipinski definition) is 6. The average molecular weight is 307 g/mol. The zero-order chi connectivity index (χ0) is 15.0. The highest BCUT2D eigenvalue weighted by molar-refractivity contribution is 7.88. The lowest BCUT2D eigenvalue weighted by Gasteiger charge is -2.34. The van der Waals surface area contributed by atoms with E-state index in [0.29, 0.717) is 31.9 Å². The van der Waals surface area contributed by atoms with E-state index < -0.39 is 10.0 Å². The van der Waals surface area contributed by atoms with Crippen LogP contribution in [0.1, 0.15) is 0 Å². The monoisotopic (exact) mass is 307 g/mol. The molecule has 1 aromatic carbocycles. The molecule has 0 saturated carbocycles. The number of anilines is 2. The van der Waals surface area contributed by atoms with Crippen LogP contribution >= 0.6 is 0 Å². The molecular weight excluding hydrogens is 290 g/mol. The third kappa shape index (κ3) is 2.77. The predicted molar refractivity (Wildman–Crippen MR) is 82.6 cm³/mol. The maximum absolute atomic E-state index is 11.6. The van der Waals surface area contributed by atoms with Gasteiger partial charge in [0.25, 0.3) is 0 Å². The second kappa shape index (κ2) is 5.12. The number of nitrogen functional groups attached to an aromatic ring is 1. The molecule has 1 fully saturated rings. The second-order valence-corrected chi connectivity index (χ2v) is 7.11. The van der Waals surface area contributed by atoms with Gasteiger partial charge in [-0.1, -0.05) is 0 Å². The third-order valence-electron chi connectivity index (χ3n) is 3.65. The van der Waals surface area contributed by atoms with Crippen molar-refractivity contribution in [3.05, 3.63) is 24.5 Å². The van der Waals surface area contributed by atoms with E-state index in [1.54, 1.807) is 6.07 Å². The summed E-state index contributed by atoms with van der Waals surface area (Å²) < 4.78 is 24.6. The summed E-state index contributed by atoms with van der Waals surface area (Å²) in [5, 5.41) is 0.894. The molecule has 21 heavy (non-hydrogen) atoms. The molecule has 0 amide bonds. The summed E-state index contributed by atoms with van der Waals surface area (Å²) in [7, 11) is -3.13. The highest BCUT2D eigenvalue weighted by atomic mass is 32.2. The number of hydrogen-bond donors (Lipinski definition) is 1. The van der Waals surface area contributed by atoms with Gasteiger partial charge in [-0.3, -0.25) is 0 Å². The third-order valence-corrected chi connectivity index (χ3v) is 4.95. The van der Waals surface area contributed by atoms with Crippen molar-refractivity contribution in [1.82, 2.24) is 14.3 Å². The van der Waals surface area contributed by atoms with Crippen molar-refractivity contribution in [1.29, 1.82) is 0 Å². The SMILES string of the molecule is CS(=O)(=O)N1CCN(c2ncnc3ccc(N)cc23)CC1. The number of aromatic nitrogens is 2. The molecule has 112 valence electrons. The number of nitrogens with zero attached hydrogens (tertiary/aromatic N) is 4. The molecule has 7 nitrogen and oxygen atoms in total. The van der Waals surface area contributed by atoms with Gasteiger partial charge in [-0.15, -0.1) is 0 Å². The maximum atomic E-state index is 11.6. The van der Waals surface area contributed by atoms with Crippen molar-refractivity contribution < 1.29 is 8.42 Å². The van der Waals surface area contributed by atoms with Crippen LogP contribution in [0.3, 0.4) is 0 Å². The van der Waals surface area contributed by atoms with Crippen LogP contribution in [0.2, 0.25) is 0 Å². The summed E-state index contributed by atoms with van der Waals surface area (Å²) >= 11 is 0. The number of fused-ring (bicyclic) bond motifs is 1. The van der Waals surface area contributed by atoms with Crippen LogP contribution in [0, 0.1) is 0 Å². The standard InChI is InChI=1S/C13H17N5O2S/c1-21(19,20)18-6-4-17(5-7-18)13-11-8-10(14)2-3-12(11)15-9-16-13/h2-3,8-9H,4-7,14H2,1H3. The van der Waals surface area contributed by atoms with Crippen LogP contribution in [-0.2, 0) is 10.0 Å². The summed E-state index contributed by atoms with van der Waals surface area (Å²) in [5.74, 6) is 0.806. The van der Waals surface area contributed by atoms with Crippen LogP contribution < -0.4 is 10.6 Å². The molecule has 2 N–H and O–H groups in total. The fourth-order valence-electron chi connectivity index (χ4n) is 2.54. The van der Waals surface area contributed by atoms with Crippen LogP contribution in [-0.4, -0.2) is 55.1 Å². The normalized spacial score (nSPS) is 17.3. The Bertz CT molecular complexity index is 769. The van der Waals surface area contributed by atoms with Crippen molar-refractivity contribution in [3.8, 4) is 0 Å². The Labute approximate surface area is 123 Å². The molecular formula is C13H17N5O2S. The van der Waals surface area contributed by atoms with Crippen LogP contribution in [0.5, 0.6) is 0 Å². The smallest absolute Gasteiger partial charge is 0.211 e. The molecule has 0 aliphatic carbocycles. The Hall–Kier alpha value is -1.93. The molecule has 0 radical (unpaired) electrons. The number of benzene rings is 1. The highest BCUT2D eigenvalue weighted by Gasteiger charge is 2.24.